The number of ether oxygens (including phenoxy) is 1. The summed E-state index contributed by atoms with van der Waals surface area (Å²) >= 11 is 2.00. The van der Waals surface area contributed by atoms with Crippen molar-refractivity contribution in [2.75, 3.05) is 7.11 Å². The summed E-state index contributed by atoms with van der Waals surface area (Å²) in [5.41, 5.74) is 0. The summed E-state index contributed by atoms with van der Waals surface area (Å²) < 4.78 is 36.7. The van der Waals surface area contributed by atoms with Crippen molar-refractivity contribution in [2.45, 2.75) is 11.7 Å². The van der Waals surface area contributed by atoms with Crippen LogP contribution in [-0.4, -0.2) is 47.1 Å². The molecule has 0 radical (unpaired) electrons. The summed E-state index contributed by atoms with van der Waals surface area (Å²) in [6.07, 6.45) is 0. The molecule has 0 saturated carbocycles. The molecule has 2 N–H and O–H groups in total. The van der Waals surface area contributed by atoms with Gasteiger partial charge in [0.05, 0.1) is 0 Å². The van der Waals surface area contributed by atoms with Crippen LogP contribution in [0.15, 0.2) is 0 Å². The molecule has 5 nitrogen and oxygen atoms in total. The first-order chi connectivity index (χ1) is 4.27. The van der Waals surface area contributed by atoms with E-state index in [2.05, 4.69) is 0 Å². The molecule has 0 aromatic heterocycles. The Balaban J connectivity index is 0. The molecule has 0 saturated heterocycles. The number of hydrogen-bond acceptors (Lipinski definition) is 3. The van der Waals surface area contributed by atoms with E-state index in [9.17, 15) is 0 Å². The molecule has 0 heterocycles. The molecule has 0 bridgehead atoms. The Hall–Kier alpha value is 0.427. The topological polar surface area (TPSA) is 83.8 Å². The van der Waals surface area contributed by atoms with Crippen molar-refractivity contribution >= 4 is 28.1 Å². The third-order valence-corrected chi connectivity index (χ3v) is 0.471. The van der Waals surface area contributed by atoms with Gasteiger partial charge < -0.3 is 0 Å². The van der Waals surface area contributed by atoms with Gasteiger partial charge in [0.25, 0.3) is 0 Å². The predicted octanol–water partition coefficient (Wildman–Crippen LogP) is -0.505. The van der Waals surface area contributed by atoms with Crippen LogP contribution in [0, 0.1) is 0 Å². The van der Waals surface area contributed by atoms with Crippen molar-refractivity contribution in [1.29, 1.82) is 0 Å². The standard InChI is InChI=1S/C3H7O.Li.H2O4S/c1-3-4-2;;1-5(2,3)4/h3H,1-2H3;;(H2,1,2,3,4). The van der Waals surface area contributed by atoms with Gasteiger partial charge in [-0.15, -0.1) is 0 Å². The van der Waals surface area contributed by atoms with E-state index in [1.54, 1.807) is 7.11 Å². The molecule has 0 spiro atoms. The van der Waals surface area contributed by atoms with Crippen LogP contribution in [0.25, 0.3) is 0 Å². The fourth-order valence-corrected chi connectivity index (χ4v) is 0. The summed E-state index contributed by atoms with van der Waals surface area (Å²) in [7, 11) is -2.97. The number of methoxy groups -OCH3 is 1. The van der Waals surface area contributed by atoms with Crippen molar-refractivity contribution < 1.29 is 22.3 Å². The van der Waals surface area contributed by atoms with Crippen molar-refractivity contribution in [3.63, 3.8) is 0 Å². The van der Waals surface area contributed by atoms with E-state index in [0.29, 0.717) is 4.78 Å². The van der Waals surface area contributed by atoms with Gasteiger partial charge in [-0.2, -0.15) is 8.42 Å². The molecule has 0 aromatic carbocycles. The third kappa shape index (κ3) is 78.9. The molecule has 10 heavy (non-hydrogen) atoms. The van der Waals surface area contributed by atoms with Crippen LogP contribution in [-0.2, 0) is 15.1 Å². The van der Waals surface area contributed by atoms with Crippen molar-refractivity contribution in [3.8, 4) is 0 Å². The average molecular weight is 164 g/mol. The normalized spacial score (nSPS) is 13.4. The van der Waals surface area contributed by atoms with Gasteiger partial charge in [0.2, 0.25) is 0 Å². The Labute approximate surface area is 69.5 Å². The van der Waals surface area contributed by atoms with Gasteiger partial charge in [-0.25, -0.2) is 0 Å². The molecular weight excluding hydrogens is 155 g/mol. The van der Waals surface area contributed by atoms with E-state index < -0.39 is 10.4 Å². The van der Waals surface area contributed by atoms with E-state index in [1.165, 1.54) is 0 Å². The van der Waals surface area contributed by atoms with Gasteiger partial charge >= 0.3 is 51.7 Å². The van der Waals surface area contributed by atoms with Gasteiger partial charge in [0.15, 0.2) is 0 Å². The minimum absolute atomic E-state index is 0.384. The van der Waals surface area contributed by atoms with Crippen molar-refractivity contribution in [1.82, 2.24) is 0 Å². The first kappa shape index (κ1) is 13.0. The van der Waals surface area contributed by atoms with Crippen LogP contribution in [0.1, 0.15) is 6.92 Å². The summed E-state index contributed by atoms with van der Waals surface area (Å²) in [4.78, 5) is 0. The molecule has 1 unspecified atom stereocenters. The fourth-order valence-electron chi connectivity index (χ4n) is 0. The van der Waals surface area contributed by atoms with E-state index in [0.717, 1.165) is 0 Å². The molecule has 0 aliphatic rings. The molecule has 58 valence electrons. The Morgan fingerprint density at radius 3 is 1.60 bits per heavy atom. The summed E-state index contributed by atoms with van der Waals surface area (Å²) in [6.45, 7) is 2.00. The summed E-state index contributed by atoms with van der Waals surface area (Å²) in [5, 5.41) is 0. The van der Waals surface area contributed by atoms with E-state index in [-0.39, 0.29) is 0 Å². The Morgan fingerprint density at radius 1 is 1.50 bits per heavy atom. The molecular formula is C3H9LiO5S. The van der Waals surface area contributed by atoms with Crippen LogP contribution in [0.4, 0.5) is 0 Å². The molecule has 0 fully saturated rings. The maximum atomic E-state index is 8.74. The zero-order valence-electron chi connectivity index (χ0n) is 6.10. The van der Waals surface area contributed by atoms with Crippen LogP contribution in [0.5, 0.6) is 0 Å². The van der Waals surface area contributed by atoms with Gasteiger partial charge in [-0.1, -0.05) is 0 Å². The second kappa shape index (κ2) is 6.16. The molecule has 7 heteroatoms. The molecule has 0 aromatic rings. The maximum absolute atomic E-state index is 8.74. The first-order valence-electron chi connectivity index (χ1n) is 2.50. The van der Waals surface area contributed by atoms with Gasteiger partial charge in [-0.05, 0) is 0 Å². The van der Waals surface area contributed by atoms with Crippen molar-refractivity contribution in [2.24, 2.45) is 0 Å². The number of rotatable bonds is 1. The zero-order chi connectivity index (χ0) is 8.78. The number of hydrogen-bond donors (Lipinski definition) is 2. The van der Waals surface area contributed by atoms with Gasteiger partial charge in [-0.3, -0.25) is 9.11 Å². The molecule has 0 aliphatic carbocycles. The Bertz CT molecular complexity index is 142. The molecule has 0 aliphatic heterocycles. The molecule has 0 amide bonds. The van der Waals surface area contributed by atoms with Crippen LogP contribution in [0.3, 0.4) is 0 Å². The zero-order valence-corrected chi connectivity index (χ0v) is 6.92. The predicted molar refractivity (Wildman–Crippen MR) is 36.4 cm³/mol. The van der Waals surface area contributed by atoms with Crippen LogP contribution >= 0.6 is 0 Å². The second-order valence-electron chi connectivity index (χ2n) is 1.73. The first-order valence-corrected chi connectivity index (χ1v) is 3.89. The third-order valence-electron chi connectivity index (χ3n) is 0.471. The van der Waals surface area contributed by atoms with Gasteiger partial charge in [0.1, 0.15) is 0 Å². The fraction of sp³-hybridized carbons (Fsp3) is 1.00. The second-order valence-corrected chi connectivity index (χ2v) is 2.63. The molecule has 0 rings (SSSR count). The van der Waals surface area contributed by atoms with E-state index in [1.807, 2.05) is 24.6 Å². The monoisotopic (exact) mass is 164 g/mol. The van der Waals surface area contributed by atoms with Crippen LogP contribution in [0.2, 0.25) is 0 Å². The Kier molecular flexibility index (Phi) is 8.04. The van der Waals surface area contributed by atoms with Crippen LogP contribution < -0.4 is 0 Å². The van der Waals surface area contributed by atoms with E-state index >= 15 is 0 Å². The van der Waals surface area contributed by atoms with E-state index in [4.69, 9.17) is 22.3 Å². The summed E-state index contributed by atoms with van der Waals surface area (Å²) in [5.74, 6) is 0. The molecule has 1 atom stereocenters. The average Bonchev–Trinajstić information content (AvgIpc) is 1.61. The summed E-state index contributed by atoms with van der Waals surface area (Å²) in [6, 6.07) is 0. The Morgan fingerprint density at radius 2 is 1.60 bits per heavy atom. The quantitative estimate of drug-likeness (QED) is 0.403. The SMILES string of the molecule is O=S(=O)(O)O.[Li][CH](C)OC. The van der Waals surface area contributed by atoms with Gasteiger partial charge in [0, 0.05) is 0 Å². The van der Waals surface area contributed by atoms with Crippen molar-refractivity contribution in [3.05, 3.63) is 0 Å². The minimum atomic E-state index is -4.67.